The van der Waals surface area contributed by atoms with Crippen LogP contribution in [-0.4, -0.2) is 28.2 Å². The fraction of sp³-hybridized carbons (Fsp3) is 0.182. The van der Waals surface area contributed by atoms with E-state index in [9.17, 15) is 10.4 Å². The molecular weight excluding hydrogens is 404 g/mol. The number of hydrogen-bond donors (Lipinski definition) is 2. The van der Waals surface area contributed by atoms with Gasteiger partial charge in [-0.25, -0.2) is 0 Å². The van der Waals surface area contributed by atoms with E-state index in [1.165, 1.54) is 13.2 Å². The lowest BCUT2D eigenvalue weighted by atomic mass is 9.91. The Morgan fingerprint density at radius 2 is 2.07 bits per heavy atom. The standard InChI is InChI=1S/C22H19ClN4O3/c1-11-15(23)5-4-6-16(11)27-22-19(12(2)26-27)20(14(10-24)21(25)30-22)13-7-8-17(28)18(9-13)29-3/h4-9,21,28H,25H2,1-3H3. The summed E-state index contributed by atoms with van der Waals surface area (Å²) in [6.45, 7) is 3.73. The van der Waals surface area contributed by atoms with Gasteiger partial charge in [-0.2, -0.15) is 15.0 Å². The zero-order valence-corrected chi connectivity index (χ0v) is 17.4. The van der Waals surface area contributed by atoms with Crippen LogP contribution in [0.25, 0.3) is 11.3 Å². The molecule has 152 valence electrons. The van der Waals surface area contributed by atoms with Crippen molar-refractivity contribution in [3.05, 3.63) is 69.4 Å². The Morgan fingerprint density at radius 1 is 1.30 bits per heavy atom. The fourth-order valence-electron chi connectivity index (χ4n) is 3.60. The van der Waals surface area contributed by atoms with Gasteiger partial charge in [-0.05, 0) is 49.2 Å². The van der Waals surface area contributed by atoms with Crippen molar-refractivity contribution >= 4 is 17.2 Å². The molecule has 1 aliphatic heterocycles. The van der Waals surface area contributed by atoms with Crippen LogP contribution in [0.5, 0.6) is 17.4 Å². The molecule has 0 amide bonds. The van der Waals surface area contributed by atoms with Gasteiger partial charge in [0.15, 0.2) is 17.7 Å². The summed E-state index contributed by atoms with van der Waals surface area (Å²) in [6.07, 6.45) is -0.980. The molecule has 30 heavy (non-hydrogen) atoms. The van der Waals surface area contributed by atoms with Crippen LogP contribution in [0, 0.1) is 25.2 Å². The summed E-state index contributed by atoms with van der Waals surface area (Å²) >= 11 is 6.30. The van der Waals surface area contributed by atoms with Crippen molar-refractivity contribution in [3.8, 4) is 29.1 Å². The summed E-state index contributed by atoms with van der Waals surface area (Å²) < 4.78 is 12.8. The van der Waals surface area contributed by atoms with Gasteiger partial charge < -0.3 is 14.6 Å². The van der Waals surface area contributed by atoms with E-state index in [2.05, 4.69) is 11.2 Å². The maximum absolute atomic E-state index is 9.98. The van der Waals surface area contributed by atoms with Crippen LogP contribution in [0.1, 0.15) is 22.4 Å². The van der Waals surface area contributed by atoms with Gasteiger partial charge >= 0.3 is 0 Å². The molecule has 1 aromatic heterocycles. The van der Waals surface area contributed by atoms with Gasteiger partial charge in [-0.3, -0.25) is 5.73 Å². The average molecular weight is 423 g/mol. The first kappa shape index (κ1) is 19.8. The lowest BCUT2D eigenvalue weighted by molar-refractivity contribution is 0.228. The number of nitrogens with zero attached hydrogens (tertiary/aromatic N) is 3. The zero-order valence-electron chi connectivity index (χ0n) is 16.6. The first-order valence-electron chi connectivity index (χ1n) is 9.16. The van der Waals surface area contributed by atoms with Gasteiger partial charge in [0.1, 0.15) is 6.07 Å². The second-order valence-electron chi connectivity index (χ2n) is 6.89. The van der Waals surface area contributed by atoms with Gasteiger partial charge in [0.05, 0.1) is 29.6 Å². The number of hydrogen-bond acceptors (Lipinski definition) is 6. The van der Waals surface area contributed by atoms with Crippen molar-refractivity contribution in [2.75, 3.05) is 7.11 Å². The van der Waals surface area contributed by atoms with Crippen molar-refractivity contribution < 1.29 is 14.6 Å². The van der Waals surface area contributed by atoms with E-state index in [-0.39, 0.29) is 17.1 Å². The molecule has 0 bridgehead atoms. The van der Waals surface area contributed by atoms with Gasteiger partial charge in [-0.15, -0.1) is 0 Å². The number of nitriles is 1. The highest BCUT2D eigenvalue weighted by atomic mass is 35.5. The van der Waals surface area contributed by atoms with Gasteiger partial charge in [0.25, 0.3) is 0 Å². The van der Waals surface area contributed by atoms with Crippen molar-refractivity contribution in [2.45, 2.75) is 20.1 Å². The molecule has 0 radical (unpaired) electrons. The average Bonchev–Trinajstić information content (AvgIpc) is 3.05. The molecular formula is C22H19ClN4O3. The van der Waals surface area contributed by atoms with Crippen molar-refractivity contribution in [1.29, 1.82) is 5.26 Å². The van der Waals surface area contributed by atoms with Crippen LogP contribution >= 0.6 is 11.6 Å². The molecule has 0 spiro atoms. The predicted molar refractivity (Wildman–Crippen MR) is 113 cm³/mol. The van der Waals surface area contributed by atoms with E-state index in [0.717, 1.165) is 11.3 Å². The van der Waals surface area contributed by atoms with E-state index >= 15 is 0 Å². The second kappa shape index (κ2) is 7.41. The monoisotopic (exact) mass is 422 g/mol. The molecule has 8 heteroatoms. The topological polar surface area (TPSA) is 106 Å². The maximum Gasteiger partial charge on any atom is 0.226 e. The van der Waals surface area contributed by atoms with E-state index in [4.69, 9.17) is 26.8 Å². The van der Waals surface area contributed by atoms with E-state index in [1.54, 1.807) is 22.9 Å². The number of aryl methyl sites for hydroxylation is 1. The molecule has 7 nitrogen and oxygen atoms in total. The number of nitrogens with two attached hydrogens (primary N) is 1. The lowest BCUT2D eigenvalue weighted by Gasteiger charge is -2.25. The molecule has 2 heterocycles. The number of rotatable bonds is 3. The van der Waals surface area contributed by atoms with Crippen LogP contribution < -0.4 is 15.2 Å². The van der Waals surface area contributed by atoms with Crippen LogP contribution in [-0.2, 0) is 0 Å². The van der Waals surface area contributed by atoms with Gasteiger partial charge in [0, 0.05) is 10.6 Å². The Balaban J connectivity index is 2.01. The highest BCUT2D eigenvalue weighted by molar-refractivity contribution is 6.31. The van der Waals surface area contributed by atoms with E-state index < -0.39 is 6.23 Å². The molecule has 3 aromatic rings. The Kier molecular flexibility index (Phi) is 4.90. The summed E-state index contributed by atoms with van der Waals surface area (Å²) in [5, 5.41) is 25.0. The first-order valence-corrected chi connectivity index (χ1v) is 9.54. The molecule has 2 aromatic carbocycles. The quantitative estimate of drug-likeness (QED) is 0.663. The number of halogens is 1. The van der Waals surface area contributed by atoms with Crippen LogP contribution in [0.4, 0.5) is 0 Å². The van der Waals surface area contributed by atoms with Crippen LogP contribution in [0.15, 0.2) is 42.0 Å². The summed E-state index contributed by atoms with van der Waals surface area (Å²) in [7, 11) is 1.46. The molecule has 0 saturated carbocycles. The highest BCUT2D eigenvalue weighted by Crippen LogP contribution is 2.43. The third-order valence-corrected chi connectivity index (χ3v) is 5.53. The minimum Gasteiger partial charge on any atom is -0.504 e. The van der Waals surface area contributed by atoms with Crippen LogP contribution in [0.3, 0.4) is 0 Å². The molecule has 0 fully saturated rings. The second-order valence-corrected chi connectivity index (χ2v) is 7.29. The fourth-order valence-corrected chi connectivity index (χ4v) is 3.77. The molecule has 1 unspecified atom stereocenters. The van der Waals surface area contributed by atoms with Crippen LogP contribution in [0.2, 0.25) is 5.02 Å². The Hall–Kier alpha value is -3.47. The van der Waals surface area contributed by atoms with E-state index in [1.807, 2.05) is 26.0 Å². The number of phenols is 1. The largest absolute Gasteiger partial charge is 0.504 e. The zero-order chi connectivity index (χ0) is 21.6. The van der Waals surface area contributed by atoms with Gasteiger partial charge in [-0.1, -0.05) is 23.7 Å². The third-order valence-electron chi connectivity index (χ3n) is 5.12. The minimum atomic E-state index is -0.980. The lowest BCUT2D eigenvalue weighted by Crippen LogP contribution is -2.33. The molecule has 4 rings (SSSR count). The maximum atomic E-state index is 9.98. The Labute approximate surface area is 178 Å². The van der Waals surface area contributed by atoms with Crippen molar-refractivity contribution in [3.63, 3.8) is 0 Å². The number of phenolic OH excluding ortho intramolecular Hbond substituents is 1. The molecule has 1 aliphatic rings. The molecule has 3 N–H and O–H groups in total. The number of benzene rings is 2. The smallest absolute Gasteiger partial charge is 0.226 e. The molecule has 0 saturated heterocycles. The number of fused-ring (bicyclic) bond motifs is 1. The summed E-state index contributed by atoms with van der Waals surface area (Å²) in [6, 6.07) is 12.6. The van der Waals surface area contributed by atoms with Crippen molar-refractivity contribution in [1.82, 2.24) is 9.78 Å². The van der Waals surface area contributed by atoms with Gasteiger partial charge in [0.2, 0.25) is 5.88 Å². The Morgan fingerprint density at radius 3 is 2.77 bits per heavy atom. The summed E-state index contributed by atoms with van der Waals surface area (Å²) in [5.74, 6) is 0.708. The number of ether oxygens (including phenoxy) is 2. The first-order chi connectivity index (χ1) is 14.4. The molecule has 0 aliphatic carbocycles. The predicted octanol–water partition coefficient (Wildman–Crippen LogP) is 3.86. The van der Waals surface area contributed by atoms with E-state index in [0.29, 0.717) is 33.3 Å². The third kappa shape index (κ3) is 2.98. The summed E-state index contributed by atoms with van der Waals surface area (Å²) in [5.41, 5.74) is 10.6. The SMILES string of the molecule is COc1cc(C2=C(C#N)C(N)Oc3c2c(C)nn3-c2cccc(Cl)c2C)ccc1O. The number of aromatic hydroxyl groups is 1. The number of aromatic nitrogens is 2. The summed E-state index contributed by atoms with van der Waals surface area (Å²) in [4.78, 5) is 0. The normalized spacial score (nSPS) is 15.4. The number of methoxy groups -OCH3 is 1. The molecule has 1 atom stereocenters. The minimum absolute atomic E-state index is 0.00101. The van der Waals surface area contributed by atoms with Crippen molar-refractivity contribution in [2.24, 2.45) is 5.73 Å². The highest BCUT2D eigenvalue weighted by Gasteiger charge is 2.34. The Bertz CT molecular complexity index is 1240.